The molecule has 3 heteroatoms. The lowest BCUT2D eigenvalue weighted by atomic mass is 9.70. The van der Waals surface area contributed by atoms with Gasteiger partial charge >= 0.3 is 0 Å². The molecule has 19 heavy (non-hydrogen) atoms. The van der Waals surface area contributed by atoms with Gasteiger partial charge < -0.3 is 5.32 Å². The topological polar surface area (TPSA) is 29.1 Å². The molecule has 0 spiro atoms. The molecule has 0 bridgehead atoms. The van der Waals surface area contributed by atoms with Gasteiger partial charge in [0, 0.05) is 5.41 Å². The minimum atomic E-state index is -0.526. The number of carbonyl (C=O) groups is 1. The number of benzene rings is 1. The summed E-state index contributed by atoms with van der Waals surface area (Å²) in [4.78, 5) is 12.7. The summed E-state index contributed by atoms with van der Waals surface area (Å²) in [5, 5.41) is 3.33. The van der Waals surface area contributed by atoms with Gasteiger partial charge in [-0.3, -0.25) is 4.79 Å². The zero-order valence-electron chi connectivity index (χ0n) is 11.9. The van der Waals surface area contributed by atoms with Gasteiger partial charge in [0.15, 0.2) is 5.78 Å². The Morgan fingerprint density at radius 3 is 2.79 bits per heavy atom. The molecule has 104 valence electrons. The highest BCUT2D eigenvalue weighted by Gasteiger charge is 2.38. The number of ketones is 1. The second-order valence-electron chi connectivity index (χ2n) is 6.08. The van der Waals surface area contributed by atoms with Crippen LogP contribution in [-0.2, 0) is 0 Å². The van der Waals surface area contributed by atoms with Crippen molar-refractivity contribution in [2.75, 3.05) is 13.1 Å². The van der Waals surface area contributed by atoms with Crippen molar-refractivity contribution in [2.45, 2.75) is 33.6 Å². The summed E-state index contributed by atoms with van der Waals surface area (Å²) in [5.74, 6) is -0.219. The molecule has 2 nitrogen and oxygen atoms in total. The van der Waals surface area contributed by atoms with E-state index >= 15 is 0 Å². The molecule has 0 aliphatic carbocycles. The molecular formula is C16H22FNO. The van der Waals surface area contributed by atoms with Crippen molar-refractivity contribution in [1.29, 1.82) is 0 Å². The summed E-state index contributed by atoms with van der Waals surface area (Å²) in [6, 6.07) is 4.74. The third kappa shape index (κ3) is 2.86. The third-order valence-corrected chi connectivity index (χ3v) is 4.27. The van der Waals surface area contributed by atoms with E-state index in [0.717, 1.165) is 31.5 Å². The maximum atomic E-state index is 13.9. The fourth-order valence-corrected chi connectivity index (χ4v) is 2.81. The molecule has 0 amide bonds. The van der Waals surface area contributed by atoms with Gasteiger partial charge in [0.1, 0.15) is 5.82 Å². The predicted molar refractivity (Wildman–Crippen MR) is 74.8 cm³/mol. The molecule has 1 unspecified atom stereocenters. The van der Waals surface area contributed by atoms with Crippen LogP contribution in [0.3, 0.4) is 0 Å². The maximum Gasteiger partial charge on any atom is 0.171 e. The van der Waals surface area contributed by atoms with Crippen LogP contribution in [0.4, 0.5) is 4.39 Å². The Balaban J connectivity index is 2.28. The number of rotatable bonds is 3. The molecule has 1 N–H and O–H groups in total. The molecule has 1 heterocycles. The first-order chi connectivity index (χ1) is 8.93. The quantitative estimate of drug-likeness (QED) is 0.847. The van der Waals surface area contributed by atoms with Crippen molar-refractivity contribution < 1.29 is 9.18 Å². The molecule has 1 aromatic carbocycles. The van der Waals surface area contributed by atoms with Gasteiger partial charge in [0.05, 0.1) is 5.56 Å². The molecule has 0 radical (unpaired) electrons. The lowest BCUT2D eigenvalue weighted by Gasteiger charge is -2.36. The van der Waals surface area contributed by atoms with Gasteiger partial charge in [-0.25, -0.2) is 4.39 Å². The zero-order valence-corrected chi connectivity index (χ0v) is 11.9. The summed E-state index contributed by atoms with van der Waals surface area (Å²) in [6.45, 7) is 7.61. The summed E-state index contributed by atoms with van der Waals surface area (Å²) in [5.41, 5.74) is 0.625. The largest absolute Gasteiger partial charge is 0.316 e. The van der Waals surface area contributed by atoms with Crippen molar-refractivity contribution in [3.8, 4) is 0 Å². The minimum absolute atomic E-state index is 0.0811. The van der Waals surface area contributed by atoms with E-state index < -0.39 is 11.2 Å². The van der Waals surface area contributed by atoms with Gasteiger partial charge in [0.25, 0.3) is 0 Å². The summed E-state index contributed by atoms with van der Waals surface area (Å²) in [6.07, 6.45) is 2.11. The normalized spacial score (nSPS) is 20.3. The van der Waals surface area contributed by atoms with Crippen LogP contribution in [0.2, 0.25) is 0 Å². The zero-order chi connectivity index (χ0) is 14.0. The van der Waals surface area contributed by atoms with Crippen molar-refractivity contribution in [3.63, 3.8) is 0 Å². The number of hydrogen-bond donors (Lipinski definition) is 1. The van der Waals surface area contributed by atoms with Crippen LogP contribution >= 0.6 is 0 Å². The van der Waals surface area contributed by atoms with E-state index in [2.05, 4.69) is 5.32 Å². The minimum Gasteiger partial charge on any atom is -0.316 e. The Hall–Kier alpha value is -1.22. The number of Topliss-reactive ketones (excluding diaryl/α,β-unsaturated/α-hetero) is 1. The fraction of sp³-hybridized carbons (Fsp3) is 0.562. The van der Waals surface area contributed by atoms with E-state index in [4.69, 9.17) is 0 Å². The number of nitrogens with one attached hydrogen (secondary N) is 1. The Kier molecular flexibility index (Phi) is 4.04. The molecular weight excluding hydrogens is 241 g/mol. The van der Waals surface area contributed by atoms with Crippen LogP contribution in [0.15, 0.2) is 18.2 Å². The Labute approximate surface area is 114 Å². The highest BCUT2D eigenvalue weighted by Crippen LogP contribution is 2.35. The molecule has 1 atom stereocenters. The Bertz CT molecular complexity index is 476. The molecule has 2 rings (SSSR count). The lowest BCUT2D eigenvalue weighted by molar-refractivity contribution is 0.0703. The molecule has 1 fully saturated rings. The van der Waals surface area contributed by atoms with Crippen molar-refractivity contribution in [2.24, 2.45) is 11.3 Å². The molecule has 1 saturated heterocycles. The second-order valence-corrected chi connectivity index (χ2v) is 6.08. The summed E-state index contributed by atoms with van der Waals surface area (Å²) in [7, 11) is 0. The van der Waals surface area contributed by atoms with Crippen LogP contribution < -0.4 is 5.32 Å². The first-order valence-corrected chi connectivity index (χ1v) is 6.94. The molecule has 1 aromatic rings. The summed E-state index contributed by atoms with van der Waals surface area (Å²) < 4.78 is 13.9. The van der Waals surface area contributed by atoms with Gasteiger partial charge in [-0.1, -0.05) is 25.5 Å². The molecule has 1 aliphatic rings. The van der Waals surface area contributed by atoms with Crippen molar-refractivity contribution in [3.05, 3.63) is 35.1 Å². The van der Waals surface area contributed by atoms with Crippen molar-refractivity contribution >= 4 is 5.78 Å². The third-order valence-electron chi connectivity index (χ3n) is 4.27. The van der Waals surface area contributed by atoms with E-state index in [0.29, 0.717) is 0 Å². The summed E-state index contributed by atoms with van der Waals surface area (Å²) >= 11 is 0. The van der Waals surface area contributed by atoms with Gasteiger partial charge in [0.2, 0.25) is 0 Å². The highest BCUT2D eigenvalue weighted by molar-refractivity contribution is 6.00. The van der Waals surface area contributed by atoms with Crippen LogP contribution in [0.5, 0.6) is 0 Å². The van der Waals surface area contributed by atoms with Gasteiger partial charge in [-0.2, -0.15) is 0 Å². The molecule has 0 saturated carbocycles. The predicted octanol–water partition coefficient (Wildman–Crippen LogP) is 3.34. The van der Waals surface area contributed by atoms with Crippen LogP contribution in [0.25, 0.3) is 0 Å². The second kappa shape index (κ2) is 5.41. The average molecular weight is 263 g/mol. The molecule has 1 aliphatic heterocycles. The highest BCUT2D eigenvalue weighted by atomic mass is 19.1. The Morgan fingerprint density at radius 2 is 2.16 bits per heavy atom. The van der Waals surface area contributed by atoms with Crippen LogP contribution in [-0.4, -0.2) is 18.9 Å². The first-order valence-electron chi connectivity index (χ1n) is 6.94. The average Bonchev–Trinajstić information content (AvgIpc) is 2.41. The van der Waals surface area contributed by atoms with E-state index in [1.807, 2.05) is 20.8 Å². The van der Waals surface area contributed by atoms with Crippen LogP contribution in [0.1, 0.15) is 42.6 Å². The first kappa shape index (κ1) is 14.2. The smallest absolute Gasteiger partial charge is 0.171 e. The van der Waals surface area contributed by atoms with E-state index in [1.165, 1.54) is 6.07 Å². The number of halogens is 1. The van der Waals surface area contributed by atoms with Crippen LogP contribution in [0, 0.1) is 24.1 Å². The number of aryl methyl sites for hydroxylation is 1. The maximum absolute atomic E-state index is 13.9. The lowest BCUT2D eigenvalue weighted by Crippen LogP contribution is -2.42. The van der Waals surface area contributed by atoms with Gasteiger partial charge in [-0.15, -0.1) is 0 Å². The van der Waals surface area contributed by atoms with E-state index in [-0.39, 0.29) is 17.3 Å². The fourth-order valence-electron chi connectivity index (χ4n) is 2.81. The Morgan fingerprint density at radius 1 is 1.42 bits per heavy atom. The SMILES string of the molecule is Cc1ccc(F)c(C(=O)C(C)(C)C2CCCNC2)c1. The van der Waals surface area contributed by atoms with Gasteiger partial charge in [-0.05, 0) is 50.9 Å². The van der Waals surface area contributed by atoms with E-state index in [1.54, 1.807) is 12.1 Å². The standard InChI is InChI=1S/C16H22FNO/c1-11-6-7-14(17)13(9-11)15(19)16(2,3)12-5-4-8-18-10-12/h6-7,9,12,18H,4-5,8,10H2,1-3H3. The number of piperidine rings is 1. The van der Waals surface area contributed by atoms with Crippen molar-refractivity contribution in [1.82, 2.24) is 5.32 Å². The molecule has 0 aromatic heterocycles. The number of carbonyl (C=O) groups excluding carboxylic acids is 1. The number of hydrogen-bond acceptors (Lipinski definition) is 2. The van der Waals surface area contributed by atoms with E-state index in [9.17, 15) is 9.18 Å². The monoisotopic (exact) mass is 263 g/mol.